The van der Waals surface area contributed by atoms with Crippen LogP contribution in [0.3, 0.4) is 0 Å². The van der Waals surface area contributed by atoms with Gasteiger partial charge in [-0.25, -0.2) is 4.79 Å². The molecule has 0 spiro atoms. The first kappa shape index (κ1) is 16.0. The van der Waals surface area contributed by atoms with Crippen molar-refractivity contribution < 1.29 is 14.3 Å². The first-order valence-electron chi connectivity index (χ1n) is 7.61. The molecule has 0 radical (unpaired) electrons. The number of nitrogens with one attached hydrogen (secondary N) is 1. The first-order chi connectivity index (χ1) is 10.1. The Balaban J connectivity index is 2.26. The lowest BCUT2D eigenvalue weighted by atomic mass is 9.86. The number of hydrogen-bond acceptors (Lipinski definition) is 4. The molecule has 0 aliphatic heterocycles. The van der Waals surface area contributed by atoms with Crippen LogP contribution in [0.2, 0.25) is 0 Å². The van der Waals surface area contributed by atoms with E-state index in [1.54, 1.807) is 0 Å². The maximum atomic E-state index is 12.5. The number of benzene rings is 1. The molecule has 2 rings (SSSR count). The van der Waals surface area contributed by atoms with Crippen molar-refractivity contribution in [2.75, 3.05) is 13.7 Å². The second kappa shape index (κ2) is 7.05. The predicted molar refractivity (Wildman–Crippen MR) is 82.0 cm³/mol. The van der Waals surface area contributed by atoms with Crippen LogP contribution in [0.1, 0.15) is 38.7 Å². The molecule has 1 aliphatic carbocycles. The summed E-state index contributed by atoms with van der Waals surface area (Å²) in [6.07, 6.45) is 2.93. The van der Waals surface area contributed by atoms with Crippen LogP contribution in [0.5, 0.6) is 0 Å². The fourth-order valence-electron chi connectivity index (χ4n) is 2.50. The van der Waals surface area contributed by atoms with E-state index in [-0.39, 0.29) is 12.1 Å². The minimum absolute atomic E-state index is 0.150. The Bertz CT molecular complexity index is 456. The maximum Gasteiger partial charge on any atom is 0.330 e. The van der Waals surface area contributed by atoms with Crippen LogP contribution in [0.4, 0.5) is 0 Å². The van der Waals surface area contributed by atoms with E-state index in [2.05, 4.69) is 5.32 Å². The van der Waals surface area contributed by atoms with E-state index in [4.69, 9.17) is 9.47 Å². The summed E-state index contributed by atoms with van der Waals surface area (Å²) in [4.78, 5) is 12.5. The first-order valence-corrected chi connectivity index (χ1v) is 7.61. The Hall–Kier alpha value is -1.39. The number of methoxy groups -OCH3 is 1. The van der Waals surface area contributed by atoms with Gasteiger partial charge in [0.2, 0.25) is 0 Å². The number of hydrogen-bond donors (Lipinski definition) is 1. The van der Waals surface area contributed by atoms with Crippen molar-refractivity contribution in [1.82, 2.24) is 5.32 Å². The van der Waals surface area contributed by atoms with Gasteiger partial charge >= 0.3 is 5.97 Å². The number of esters is 1. The lowest BCUT2D eigenvalue weighted by Gasteiger charge is -2.33. The highest BCUT2D eigenvalue weighted by atomic mass is 16.5. The van der Waals surface area contributed by atoms with Crippen LogP contribution < -0.4 is 5.32 Å². The van der Waals surface area contributed by atoms with Gasteiger partial charge in [0.1, 0.15) is 5.54 Å². The highest BCUT2D eigenvalue weighted by molar-refractivity contribution is 5.82. The molecular weight excluding hydrogens is 266 g/mol. The van der Waals surface area contributed by atoms with Crippen molar-refractivity contribution in [1.29, 1.82) is 0 Å². The molecule has 1 aromatic carbocycles. The molecule has 1 fully saturated rings. The molecule has 0 aromatic heterocycles. The molecule has 21 heavy (non-hydrogen) atoms. The molecule has 4 heteroatoms. The van der Waals surface area contributed by atoms with E-state index >= 15 is 0 Å². The quantitative estimate of drug-likeness (QED) is 0.748. The van der Waals surface area contributed by atoms with Gasteiger partial charge in [-0.15, -0.1) is 0 Å². The Labute approximate surface area is 126 Å². The predicted octanol–water partition coefficient (Wildman–Crippen LogP) is 2.62. The van der Waals surface area contributed by atoms with Gasteiger partial charge in [0.25, 0.3) is 0 Å². The lowest BCUT2D eigenvalue weighted by molar-refractivity contribution is -0.150. The molecule has 0 heterocycles. The zero-order chi connectivity index (χ0) is 15.3. The summed E-state index contributed by atoms with van der Waals surface area (Å²) in [5, 5.41) is 3.49. The van der Waals surface area contributed by atoms with Crippen LogP contribution in [0, 0.1) is 0 Å². The molecule has 1 aromatic rings. The summed E-state index contributed by atoms with van der Waals surface area (Å²) in [6, 6.07) is 10.2. The molecule has 0 bridgehead atoms. The largest absolute Gasteiger partial charge is 0.467 e. The Morgan fingerprint density at radius 1 is 1.33 bits per heavy atom. The van der Waals surface area contributed by atoms with E-state index in [0.717, 1.165) is 18.4 Å². The van der Waals surface area contributed by atoms with Crippen molar-refractivity contribution in [2.24, 2.45) is 0 Å². The summed E-state index contributed by atoms with van der Waals surface area (Å²) < 4.78 is 10.8. The Kier molecular flexibility index (Phi) is 5.37. The average molecular weight is 291 g/mol. The zero-order valence-corrected chi connectivity index (χ0v) is 13.1. The van der Waals surface area contributed by atoms with Gasteiger partial charge in [-0.3, -0.25) is 5.32 Å². The van der Waals surface area contributed by atoms with Crippen molar-refractivity contribution >= 4 is 5.97 Å². The van der Waals surface area contributed by atoms with Crippen molar-refractivity contribution in [3.8, 4) is 0 Å². The van der Waals surface area contributed by atoms with Gasteiger partial charge in [-0.2, -0.15) is 0 Å². The molecule has 4 nitrogen and oxygen atoms in total. The second-order valence-corrected chi connectivity index (χ2v) is 5.85. The SMILES string of the molecule is COC(=O)C(CCOC(C)C)(NC1CC1)c1ccccc1. The monoisotopic (exact) mass is 291 g/mol. The average Bonchev–Trinajstić information content (AvgIpc) is 3.29. The minimum atomic E-state index is -0.813. The molecule has 0 saturated heterocycles. The van der Waals surface area contributed by atoms with E-state index in [0.29, 0.717) is 19.1 Å². The van der Waals surface area contributed by atoms with Gasteiger partial charge in [0.05, 0.1) is 13.2 Å². The third kappa shape index (κ3) is 4.05. The maximum absolute atomic E-state index is 12.5. The van der Waals surface area contributed by atoms with Crippen LogP contribution in [0.25, 0.3) is 0 Å². The fraction of sp³-hybridized carbons (Fsp3) is 0.588. The van der Waals surface area contributed by atoms with Crippen molar-refractivity contribution in [3.63, 3.8) is 0 Å². The van der Waals surface area contributed by atoms with E-state index in [1.807, 2.05) is 44.2 Å². The number of carbonyl (C=O) groups excluding carboxylic acids is 1. The third-order valence-corrected chi connectivity index (χ3v) is 3.76. The standard InChI is InChI=1S/C17H25NO3/c1-13(2)21-12-11-17(16(19)20-3,18-15-9-10-15)14-7-5-4-6-8-14/h4-8,13,15,18H,9-12H2,1-3H3. The second-order valence-electron chi connectivity index (χ2n) is 5.85. The topological polar surface area (TPSA) is 47.6 Å². The van der Waals surface area contributed by atoms with Crippen LogP contribution in [-0.2, 0) is 19.8 Å². The van der Waals surface area contributed by atoms with Crippen LogP contribution in [0.15, 0.2) is 30.3 Å². The van der Waals surface area contributed by atoms with Gasteiger partial charge < -0.3 is 9.47 Å². The van der Waals surface area contributed by atoms with E-state index in [1.165, 1.54) is 7.11 Å². The van der Waals surface area contributed by atoms with Gasteiger partial charge in [0.15, 0.2) is 0 Å². The van der Waals surface area contributed by atoms with Crippen molar-refractivity contribution in [3.05, 3.63) is 35.9 Å². The summed E-state index contributed by atoms with van der Waals surface area (Å²) in [6.45, 7) is 4.51. The lowest BCUT2D eigenvalue weighted by Crippen LogP contribution is -2.51. The normalized spacial score (nSPS) is 17.5. The van der Waals surface area contributed by atoms with Crippen LogP contribution >= 0.6 is 0 Å². The van der Waals surface area contributed by atoms with Gasteiger partial charge in [-0.1, -0.05) is 30.3 Å². The molecule has 1 saturated carbocycles. The highest BCUT2D eigenvalue weighted by Gasteiger charge is 2.44. The zero-order valence-electron chi connectivity index (χ0n) is 13.1. The summed E-state index contributed by atoms with van der Waals surface area (Å²) in [5.41, 5.74) is 0.127. The van der Waals surface area contributed by atoms with Crippen LogP contribution in [-0.4, -0.2) is 31.8 Å². The number of carbonyl (C=O) groups is 1. The van der Waals surface area contributed by atoms with Crippen molar-refractivity contribution in [2.45, 2.75) is 50.8 Å². The highest BCUT2D eigenvalue weighted by Crippen LogP contribution is 2.32. The van der Waals surface area contributed by atoms with E-state index < -0.39 is 5.54 Å². The van der Waals surface area contributed by atoms with Gasteiger partial charge in [-0.05, 0) is 32.3 Å². The molecule has 1 aliphatic rings. The van der Waals surface area contributed by atoms with Gasteiger partial charge in [0, 0.05) is 19.1 Å². The third-order valence-electron chi connectivity index (χ3n) is 3.76. The number of rotatable bonds is 8. The van der Waals surface area contributed by atoms with E-state index in [9.17, 15) is 4.79 Å². The Morgan fingerprint density at radius 3 is 2.52 bits per heavy atom. The summed E-state index contributed by atoms with van der Waals surface area (Å²) >= 11 is 0. The Morgan fingerprint density at radius 2 is 2.00 bits per heavy atom. The molecular formula is C17H25NO3. The number of ether oxygens (including phenoxy) is 2. The smallest absolute Gasteiger partial charge is 0.330 e. The molecule has 1 N–H and O–H groups in total. The summed E-state index contributed by atoms with van der Waals surface area (Å²) in [7, 11) is 1.44. The summed E-state index contributed by atoms with van der Waals surface area (Å²) in [5.74, 6) is -0.243. The molecule has 1 atom stereocenters. The molecule has 1 unspecified atom stereocenters. The fourth-order valence-corrected chi connectivity index (χ4v) is 2.50. The minimum Gasteiger partial charge on any atom is -0.467 e. The molecule has 116 valence electrons. The molecule has 0 amide bonds.